The van der Waals surface area contributed by atoms with Crippen LogP contribution in [0.3, 0.4) is 0 Å². The van der Waals surface area contributed by atoms with Crippen LogP contribution in [-0.4, -0.2) is 33.0 Å². The second-order valence-corrected chi connectivity index (χ2v) is 7.49. The van der Waals surface area contributed by atoms with Crippen LogP contribution < -0.4 is 9.47 Å². The molecule has 0 spiro atoms. The monoisotopic (exact) mass is 390 g/mol. The van der Waals surface area contributed by atoms with Gasteiger partial charge in [0.2, 0.25) is 10.8 Å². The van der Waals surface area contributed by atoms with Crippen molar-refractivity contribution in [2.45, 2.75) is 6.92 Å². The number of aryl methyl sites for hydroxylation is 1. The Bertz CT molecular complexity index is 1350. The van der Waals surface area contributed by atoms with Gasteiger partial charge in [-0.1, -0.05) is 29.5 Å². The van der Waals surface area contributed by atoms with E-state index in [0.717, 1.165) is 38.6 Å². The van der Waals surface area contributed by atoms with Gasteiger partial charge >= 0.3 is 0 Å². The van der Waals surface area contributed by atoms with Crippen molar-refractivity contribution >= 4 is 27.3 Å². The molecule has 5 aromatic rings. The second kappa shape index (κ2) is 5.80. The Kier molecular flexibility index (Phi) is 3.24. The Morgan fingerprint density at radius 1 is 1.00 bits per heavy atom. The maximum Gasteiger partial charge on any atom is 0.235 e. The van der Waals surface area contributed by atoms with E-state index < -0.39 is 0 Å². The van der Waals surface area contributed by atoms with Crippen molar-refractivity contribution in [3.8, 4) is 33.7 Å². The lowest BCUT2D eigenvalue weighted by atomic mass is 10.1. The van der Waals surface area contributed by atoms with E-state index in [1.54, 1.807) is 4.52 Å². The fraction of sp³-hybridized carbons (Fsp3) is 0.150. The number of hydrogen-bond donors (Lipinski definition) is 0. The number of fused-ring (bicyclic) bond motifs is 3. The van der Waals surface area contributed by atoms with E-state index in [4.69, 9.17) is 19.0 Å². The summed E-state index contributed by atoms with van der Waals surface area (Å²) < 4.78 is 19.1. The summed E-state index contributed by atoms with van der Waals surface area (Å²) in [6.45, 7) is 3.15. The highest BCUT2D eigenvalue weighted by molar-refractivity contribution is 7.19. The van der Waals surface area contributed by atoms with Crippen LogP contribution in [-0.2, 0) is 0 Å². The van der Waals surface area contributed by atoms with Crippen LogP contribution in [0.2, 0.25) is 0 Å². The average Bonchev–Trinajstić information content (AvgIpc) is 3.41. The van der Waals surface area contributed by atoms with Crippen LogP contribution in [0.15, 0.2) is 46.9 Å². The highest BCUT2D eigenvalue weighted by atomic mass is 32.1. The number of para-hydroxylation sites is 1. The standard InChI is InChI=1S/C20H14N4O3S/c1-11-13-4-2-3-5-14(13)27-17(11)18-21-22-20-24(18)23-19(28-20)12-6-7-15-16(10-12)26-9-8-25-15/h2-7,10H,8-9H2,1H3. The maximum absolute atomic E-state index is 6.05. The molecule has 138 valence electrons. The van der Waals surface area contributed by atoms with Crippen molar-refractivity contribution in [3.63, 3.8) is 0 Å². The molecule has 0 aliphatic carbocycles. The van der Waals surface area contributed by atoms with Crippen LogP contribution in [0.25, 0.3) is 38.1 Å². The summed E-state index contributed by atoms with van der Waals surface area (Å²) in [5.41, 5.74) is 2.81. The number of rotatable bonds is 2. The van der Waals surface area contributed by atoms with Crippen molar-refractivity contribution in [1.29, 1.82) is 0 Å². The van der Waals surface area contributed by atoms with Crippen LogP contribution in [0, 0.1) is 6.92 Å². The minimum atomic E-state index is 0.553. The van der Waals surface area contributed by atoms with Gasteiger partial charge in [-0.25, -0.2) is 0 Å². The molecule has 1 aliphatic heterocycles. The number of ether oxygens (including phenoxy) is 2. The zero-order chi connectivity index (χ0) is 18.7. The molecule has 0 amide bonds. The molecular weight excluding hydrogens is 376 g/mol. The van der Waals surface area contributed by atoms with Gasteiger partial charge < -0.3 is 13.9 Å². The summed E-state index contributed by atoms with van der Waals surface area (Å²) in [6, 6.07) is 13.8. The molecule has 0 unspecified atom stereocenters. The molecule has 0 fully saturated rings. The van der Waals surface area contributed by atoms with Crippen LogP contribution in [0.1, 0.15) is 5.56 Å². The summed E-state index contributed by atoms with van der Waals surface area (Å²) in [6.07, 6.45) is 0. The lowest BCUT2D eigenvalue weighted by Crippen LogP contribution is -2.15. The van der Waals surface area contributed by atoms with Gasteiger partial charge in [0.25, 0.3) is 0 Å². The van der Waals surface area contributed by atoms with E-state index >= 15 is 0 Å². The molecule has 6 rings (SSSR count). The Morgan fingerprint density at radius 2 is 1.86 bits per heavy atom. The summed E-state index contributed by atoms with van der Waals surface area (Å²) in [5, 5.41) is 15.2. The quantitative estimate of drug-likeness (QED) is 0.446. The molecule has 28 heavy (non-hydrogen) atoms. The number of hydrogen-bond acceptors (Lipinski definition) is 7. The van der Waals surface area contributed by atoms with E-state index in [-0.39, 0.29) is 0 Å². The lowest BCUT2D eigenvalue weighted by molar-refractivity contribution is 0.171. The molecular formula is C20H14N4O3S. The van der Waals surface area contributed by atoms with Crippen LogP contribution in [0.4, 0.5) is 0 Å². The minimum Gasteiger partial charge on any atom is -0.486 e. The first-order chi connectivity index (χ1) is 13.8. The fourth-order valence-corrected chi connectivity index (χ4v) is 4.27. The van der Waals surface area contributed by atoms with Crippen LogP contribution >= 0.6 is 11.3 Å². The Morgan fingerprint density at radius 3 is 2.75 bits per heavy atom. The van der Waals surface area contributed by atoms with E-state index in [9.17, 15) is 0 Å². The van der Waals surface area contributed by atoms with Crippen molar-refractivity contribution < 1.29 is 13.9 Å². The van der Waals surface area contributed by atoms with Gasteiger partial charge in [0.05, 0.1) is 0 Å². The van der Waals surface area contributed by atoms with Crippen molar-refractivity contribution in [2.75, 3.05) is 13.2 Å². The molecule has 3 aromatic heterocycles. The third-order valence-corrected chi connectivity index (χ3v) is 5.77. The average molecular weight is 390 g/mol. The molecule has 4 heterocycles. The first kappa shape index (κ1) is 15.6. The smallest absolute Gasteiger partial charge is 0.235 e. The van der Waals surface area contributed by atoms with Gasteiger partial charge in [0.1, 0.15) is 23.8 Å². The van der Waals surface area contributed by atoms with E-state index in [2.05, 4.69) is 10.2 Å². The molecule has 0 saturated carbocycles. The molecule has 0 radical (unpaired) electrons. The highest BCUT2D eigenvalue weighted by Crippen LogP contribution is 2.37. The van der Waals surface area contributed by atoms with Gasteiger partial charge in [-0.3, -0.25) is 0 Å². The predicted molar refractivity (Wildman–Crippen MR) is 105 cm³/mol. The molecule has 0 atom stereocenters. The van der Waals surface area contributed by atoms with Gasteiger partial charge in [-0.2, -0.15) is 9.61 Å². The summed E-state index contributed by atoms with van der Waals surface area (Å²) in [5.74, 6) is 2.79. The number of benzene rings is 2. The topological polar surface area (TPSA) is 74.7 Å². The minimum absolute atomic E-state index is 0.553. The summed E-state index contributed by atoms with van der Waals surface area (Å²) in [7, 11) is 0. The number of furan rings is 1. The van der Waals surface area contributed by atoms with Crippen LogP contribution in [0.5, 0.6) is 11.5 Å². The number of aromatic nitrogens is 4. The molecule has 1 aliphatic rings. The second-order valence-electron chi connectivity index (χ2n) is 6.54. The van der Waals surface area contributed by atoms with Gasteiger partial charge in [0.15, 0.2) is 17.3 Å². The molecule has 8 heteroatoms. The SMILES string of the molecule is Cc1c(-c2nnc3sc(-c4ccc5c(c4)OCCO5)nn23)oc2ccccc12. The van der Waals surface area contributed by atoms with Gasteiger partial charge in [-0.15, -0.1) is 10.2 Å². The first-order valence-electron chi connectivity index (χ1n) is 8.89. The third kappa shape index (κ3) is 2.24. The predicted octanol–water partition coefficient (Wildman–Crippen LogP) is 4.35. The molecule has 0 N–H and O–H groups in total. The zero-order valence-corrected chi connectivity index (χ0v) is 15.7. The number of nitrogens with zero attached hydrogens (tertiary/aromatic N) is 4. The summed E-state index contributed by atoms with van der Waals surface area (Å²) >= 11 is 1.47. The first-order valence-corrected chi connectivity index (χ1v) is 9.70. The lowest BCUT2D eigenvalue weighted by Gasteiger charge is -2.18. The molecule has 7 nitrogen and oxygen atoms in total. The molecule has 0 bridgehead atoms. The van der Waals surface area contributed by atoms with Crippen molar-refractivity contribution in [1.82, 2.24) is 19.8 Å². The highest BCUT2D eigenvalue weighted by Gasteiger charge is 2.21. The summed E-state index contributed by atoms with van der Waals surface area (Å²) in [4.78, 5) is 0.708. The normalized spacial score (nSPS) is 13.5. The van der Waals surface area contributed by atoms with Crippen molar-refractivity contribution in [3.05, 3.63) is 48.0 Å². The van der Waals surface area contributed by atoms with E-state index in [0.29, 0.717) is 29.8 Å². The maximum atomic E-state index is 6.05. The Balaban J connectivity index is 1.48. The van der Waals surface area contributed by atoms with E-state index in [1.165, 1.54) is 11.3 Å². The van der Waals surface area contributed by atoms with E-state index in [1.807, 2.05) is 49.4 Å². The fourth-order valence-electron chi connectivity index (χ4n) is 3.44. The zero-order valence-electron chi connectivity index (χ0n) is 14.9. The van der Waals surface area contributed by atoms with Gasteiger partial charge in [0, 0.05) is 16.5 Å². The third-order valence-electron chi connectivity index (χ3n) is 4.83. The van der Waals surface area contributed by atoms with Crippen molar-refractivity contribution in [2.24, 2.45) is 0 Å². The largest absolute Gasteiger partial charge is 0.486 e. The molecule has 2 aromatic carbocycles. The molecule has 0 saturated heterocycles. The van der Waals surface area contributed by atoms with Gasteiger partial charge in [-0.05, 0) is 31.2 Å². The Labute approximate surface area is 163 Å². The Hall–Kier alpha value is -3.39.